The molecule has 2 rings (SSSR count). The molecule has 1 aliphatic heterocycles. The number of carbonyl (C=O) groups is 2. The molecule has 1 atom stereocenters. The van der Waals surface area contributed by atoms with E-state index in [1.165, 1.54) is 0 Å². The number of hydrogen-bond donors (Lipinski definition) is 1. The van der Waals surface area contributed by atoms with Crippen molar-refractivity contribution in [3.05, 3.63) is 35.9 Å². The van der Waals surface area contributed by atoms with E-state index in [9.17, 15) is 9.59 Å². The summed E-state index contributed by atoms with van der Waals surface area (Å²) < 4.78 is 9.75. The van der Waals surface area contributed by atoms with Gasteiger partial charge in [0.15, 0.2) is 0 Å². The summed E-state index contributed by atoms with van der Waals surface area (Å²) in [6.07, 6.45) is -0.343. The van der Waals surface area contributed by atoms with E-state index in [1.54, 1.807) is 0 Å². The molecule has 90 valence electrons. The predicted octanol–water partition coefficient (Wildman–Crippen LogP) is 1.23. The molecule has 0 saturated carbocycles. The van der Waals surface area contributed by atoms with Crippen LogP contribution in [0.25, 0.3) is 0 Å². The molecule has 1 aromatic rings. The fourth-order valence-corrected chi connectivity index (χ4v) is 1.53. The third-order valence-corrected chi connectivity index (χ3v) is 2.39. The van der Waals surface area contributed by atoms with E-state index < -0.39 is 6.09 Å². The van der Waals surface area contributed by atoms with E-state index in [2.05, 4.69) is 10.1 Å². The number of rotatable bonds is 4. The molecule has 0 aliphatic carbocycles. The van der Waals surface area contributed by atoms with Gasteiger partial charge in [-0.15, -0.1) is 0 Å². The van der Waals surface area contributed by atoms with Crippen LogP contribution in [0.2, 0.25) is 0 Å². The molecule has 1 fully saturated rings. The molecule has 1 aliphatic rings. The lowest BCUT2D eigenvalue weighted by Crippen LogP contribution is -2.29. The third kappa shape index (κ3) is 3.48. The fourth-order valence-electron chi connectivity index (χ4n) is 1.53. The van der Waals surface area contributed by atoms with Crippen molar-refractivity contribution in [2.24, 2.45) is 0 Å². The lowest BCUT2D eigenvalue weighted by molar-refractivity contribution is -0.145. The second-order valence-electron chi connectivity index (χ2n) is 3.79. The number of esters is 1. The molecule has 1 heterocycles. The Balaban J connectivity index is 1.73. The fraction of sp³-hybridized carbons (Fsp3) is 0.333. The van der Waals surface area contributed by atoms with E-state index in [4.69, 9.17) is 4.74 Å². The van der Waals surface area contributed by atoms with E-state index in [-0.39, 0.29) is 31.6 Å². The van der Waals surface area contributed by atoms with Crippen LogP contribution in [0.4, 0.5) is 4.79 Å². The zero-order chi connectivity index (χ0) is 12.1. The zero-order valence-electron chi connectivity index (χ0n) is 9.22. The Bertz CT molecular complexity index is 404. The number of benzene rings is 1. The minimum atomic E-state index is -0.481. The Kier molecular flexibility index (Phi) is 3.59. The SMILES string of the molecule is O=C(CC1COC(=O)N1)OCc1ccccc1. The van der Waals surface area contributed by atoms with Crippen LogP contribution >= 0.6 is 0 Å². The van der Waals surface area contributed by atoms with Gasteiger partial charge in [0, 0.05) is 0 Å². The largest absolute Gasteiger partial charge is 0.461 e. The Labute approximate surface area is 98.7 Å². The highest BCUT2D eigenvalue weighted by Crippen LogP contribution is 2.06. The van der Waals surface area contributed by atoms with Gasteiger partial charge >= 0.3 is 12.1 Å². The summed E-state index contributed by atoms with van der Waals surface area (Å²) in [6, 6.07) is 9.16. The van der Waals surface area contributed by atoms with Gasteiger partial charge < -0.3 is 14.8 Å². The molecule has 5 heteroatoms. The van der Waals surface area contributed by atoms with Gasteiger partial charge in [0.25, 0.3) is 0 Å². The van der Waals surface area contributed by atoms with Crippen molar-refractivity contribution in [2.45, 2.75) is 19.1 Å². The van der Waals surface area contributed by atoms with E-state index in [0.29, 0.717) is 0 Å². The van der Waals surface area contributed by atoms with Crippen molar-refractivity contribution in [2.75, 3.05) is 6.61 Å². The van der Waals surface area contributed by atoms with Crippen molar-refractivity contribution in [3.8, 4) is 0 Å². The van der Waals surface area contributed by atoms with Crippen LogP contribution in [0.15, 0.2) is 30.3 Å². The van der Waals surface area contributed by atoms with Gasteiger partial charge in [-0.25, -0.2) is 4.79 Å². The first-order chi connectivity index (χ1) is 8.24. The van der Waals surface area contributed by atoms with E-state index in [0.717, 1.165) is 5.56 Å². The van der Waals surface area contributed by atoms with Crippen LogP contribution in [-0.2, 0) is 20.9 Å². The van der Waals surface area contributed by atoms with Crippen LogP contribution < -0.4 is 5.32 Å². The summed E-state index contributed by atoms with van der Waals surface area (Å²) >= 11 is 0. The number of ether oxygens (including phenoxy) is 2. The predicted molar refractivity (Wildman–Crippen MR) is 59.1 cm³/mol. The Hall–Kier alpha value is -2.04. The molecular formula is C12H13NO4. The minimum absolute atomic E-state index is 0.137. The van der Waals surface area contributed by atoms with Gasteiger partial charge in [0.2, 0.25) is 0 Å². The third-order valence-electron chi connectivity index (χ3n) is 2.39. The van der Waals surface area contributed by atoms with Gasteiger partial charge in [0.05, 0.1) is 12.5 Å². The maximum atomic E-state index is 11.4. The maximum absolute atomic E-state index is 11.4. The van der Waals surface area contributed by atoms with Crippen LogP contribution in [-0.4, -0.2) is 24.7 Å². The molecule has 1 aromatic carbocycles. The Morgan fingerprint density at radius 2 is 2.18 bits per heavy atom. The summed E-state index contributed by atoms with van der Waals surface area (Å²) in [7, 11) is 0. The van der Waals surface area contributed by atoms with Gasteiger partial charge in [-0.2, -0.15) is 0 Å². The molecule has 1 N–H and O–H groups in total. The van der Waals surface area contributed by atoms with Gasteiger partial charge in [-0.1, -0.05) is 30.3 Å². The molecule has 0 bridgehead atoms. The molecule has 1 saturated heterocycles. The molecule has 17 heavy (non-hydrogen) atoms. The quantitative estimate of drug-likeness (QED) is 0.797. The summed E-state index contributed by atoms with van der Waals surface area (Å²) in [5, 5.41) is 2.52. The Morgan fingerprint density at radius 3 is 2.82 bits per heavy atom. The topological polar surface area (TPSA) is 64.6 Å². The van der Waals surface area contributed by atoms with Crippen LogP contribution in [0.1, 0.15) is 12.0 Å². The normalized spacial score (nSPS) is 18.4. The van der Waals surface area contributed by atoms with Gasteiger partial charge in [-0.3, -0.25) is 4.79 Å². The highest BCUT2D eigenvalue weighted by atomic mass is 16.6. The highest BCUT2D eigenvalue weighted by Gasteiger charge is 2.25. The average molecular weight is 235 g/mol. The van der Waals surface area contributed by atoms with Crippen LogP contribution in [0, 0.1) is 0 Å². The van der Waals surface area contributed by atoms with Crippen LogP contribution in [0.3, 0.4) is 0 Å². The monoisotopic (exact) mass is 235 g/mol. The smallest absolute Gasteiger partial charge is 0.407 e. The molecule has 1 unspecified atom stereocenters. The standard InChI is InChI=1S/C12H13NO4/c14-11(6-10-8-17-12(15)13-10)16-7-9-4-2-1-3-5-9/h1-5,10H,6-8H2,(H,13,15). The van der Waals surface area contributed by atoms with E-state index >= 15 is 0 Å². The zero-order valence-corrected chi connectivity index (χ0v) is 9.22. The lowest BCUT2D eigenvalue weighted by Gasteiger charge is -2.07. The average Bonchev–Trinajstić information content (AvgIpc) is 2.73. The number of nitrogens with one attached hydrogen (secondary N) is 1. The number of hydrogen-bond acceptors (Lipinski definition) is 4. The molecule has 0 radical (unpaired) electrons. The first-order valence-electron chi connectivity index (χ1n) is 5.37. The van der Waals surface area contributed by atoms with Crippen molar-refractivity contribution >= 4 is 12.1 Å². The molecule has 0 spiro atoms. The molecular weight excluding hydrogens is 222 g/mol. The first-order valence-corrected chi connectivity index (χ1v) is 5.37. The van der Waals surface area contributed by atoms with Crippen molar-refractivity contribution < 1.29 is 19.1 Å². The molecule has 1 amide bonds. The number of carbonyl (C=O) groups excluding carboxylic acids is 2. The van der Waals surface area contributed by atoms with Crippen molar-refractivity contribution in [1.82, 2.24) is 5.32 Å². The first kappa shape index (κ1) is 11.4. The summed E-state index contributed by atoms with van der Waals surface area (Å²) in [5.41, 5.74) is 0.938. The number of amides is 1. The molecule has 5 nitrogen and oxygen atoms in total. The summed E-state index contributed by atoms with van der Waals surface area (Å²) in [6.45, 7) is 0.473. The maximum Gasteiger partial charge on any atom is 0.407 e. The second kappa shape index (κ2) is 5.34. The van der Waals surface area contributed by atoms with E-state index in [1.807, 2.05) is 30.3 Å². The summed E-state index contributed by atoms with van der Waals surface area (Å²) in [4.78, 5) is 22.2. The lowest BCUT2D eigenvalue weighted by atomic mass is 10.2. The highest BCUT2D eigenvalue weighted by molar-refractivity contribution is 5.74. The number of cyclic esters (lactones) is 1. The molecule has 0 aromatic heterocycles. The Morgan fingerprint density at radius 1 is 1.41 bits per heavy atom. The second-order valence-corrected chi connectivity index (χ2v) is 3.79. The van der Waals surface area contributed by atoms with Gasteiger partial charge in [-0.05, 0) is 5.56 Å². The van der Waals surface area contributed by atoms with Gasteiger partial charge in [0.1, 0.15) is 13.2 Å². The minimum Gasteiger partial charge on any atom is -0.461 e. The van der Waals surface area contributed by atoms with Crippen LogP contribution in [0.5, 0.6) is 0 Å². The number of alkyl carbamates (subject to hydrolysis) is 1. The van der Waals surface area contributed by atoms with Crippen molar-refractivity contribution in [1.29, 1.82) is 0 Å². The summed E-state index contributed by atoms with van der Waals surface area (Å²) in [5.74, 6) is -0.343. The van der Waals surface area contributed by atoms with Crippen molar-refractivity contribution in [3.63, 3.8) is 0 Å².